The van der Waals surface area contributed by atoms with Gasteiger partial charge in [-0.05, 0) is 95.4 Å². The second kappa shape index (κ2) is 16.6. The summed E-state index contributed by atoms with van der Waals surface area (Å²) in [6.45, 7) is 6.54. The summed E-state index contributed by atoms with van der Waals surface area (Å²) < 4.78 is 11.9. The van der Waals surface area contributed by atoms with Crippen molar-refractivity contribution in [3.8, 4) is 11.5 Å². The largest absolute Gasteiger partial charge is 0.495 e. The molecule has 12 nitrogen and oxygen atoms in total. The number of para-hydroxylation sites is 1. The number of unbranched alkanes of at least 4 members (excludes halogenated alkanes) is 2. The average Bonchev–Trinajstić information content (AvgIpc) is 3.52. The van der Waals surface area contributed by atoms with Crippen molar-refractivity contribution in [3.05, 3.63) is 71.5 Å². The molecule has 1 aliphatic heterocycles. The van der Waals surface area contributed by atoms with Crippen LogP contribution in [0.2, 0.25) is 0 Å². The topological polar surface area (TPSA) is 115 Å². The van der Waals surface area contributed by atoms with Gasteiger partial charge in [0.05, 0.1) is 42.8 Å². The van der Waals surface area contributed by atoms with E-state index in [1.165, 1.54) is 12.0 Å². The Morgan fingerprint density at radius 2 is 1.68 bits per heavy atom. The molecule has 1 aromatic heterocycles. The van der Waals surface area contributed by atoms with Crippen LogP contribution in [0.4, 0.5) is 17.1 Å². The summed E-state index contributed by atoms with van der Waals surface area (Å²) >= 11 is 0. The molecular formula is C38H49N7O5. The SMILES string of the molecule is COc1cc(C(=O)N(C)c2ccc(C)cc2OCCCCCC(=O)N2CCN(C)CC2)ccc1N(C=O)c1cccc2[nH]c(CN(C)C)nc12. The van der Waals surface area contributed by atoms with Crippen LogP contribution in [-0.2, 0) is 16.1 Å². The van der Waals surface area contributed by atoms with Crippen LogP contribution in [0.1, 0.15) is 47.4 Å². The van der Waals surface area contributed by atoms with E-state index in [2.05, 4.69) is 16.9 Å². The zero-order valence-corrected chi connectivity index (χ0v) is 30.1. The minimum absolute atomic E-state index is 0.230. The highest BCUT2D eigenvalue weighted by Gasteiger charge is 2.23. The van der Waals surface area contributed by atoms with Crippen molar-refractivity contribution in [2.75, 3.05) is 77.9 Å². The number of carbonyl (C=O) groups is 3. The number of nitrogens with one attached hydrogen (secondary N) is 1. The van der Waals surface area contributed by atoms with E-state index in [4.69, 9.17) is 14.5 Å². The fourth-order valence-electron chi connectivity index (χ4n) is 6.16. The maximum Gasteiger partial charge on any atom is 0.258 e. The molecule has 0 unspecified atom stereocenters. The Bertz CT molecular complexity index is 1800. The van der Waals surface area contributed by atoms with Crippen molar-refractivity contribution in [2.24, 2.45) is 0 Å². The normalized spacial score (nSPS) is 13.5. The van der Waals surface area contributed by atoms with Gasteiger partial charge in [0.1, 0.15) is 22.8 Å². The van der Waals surface area contributed by atoms with Crippen LogP contribution >= 0.6 is 0 Å². The Hall–Kier alpha value is -4.94. The molecule has 1 aliphatic rings. The lowest BCUT2D eigenvalue weighted by Gasteiger charge is -2.32. The van der Waals surface area contributed by atoms with E-state index in [1.807, 2.05) is 67.2 Å². The van der Waals surface area contributed by atoms with E-state index < -0.39 is 0 Å². The van der Waals surface area contributed by atoms with Crippen LogP contribution < -0.4 is 19.3 Å². The van der Waals surface area contributed by atoms with Gasteiger partial charge in [0.25, 0.3) is 5.91 Å². The van der Waals surface area contributed by atoms with Gasteiger partial charge in [0, 0.05) is 45.2 Å². The molecule has 4 aromatic rings. The Kier molecular flexibility index (Phi) is 12.1. The van der Waals surface area contributed by atoms with Gasteiger partial charge in [-0.1, -0.05) is 12.1 Å². The molecular weight excluding hydrogens is 634 g/mol. The standard InChI is InChI=1S/C38H49N7O5/c1-27-14-16-30(34(23-27)50-22-9-7-8-13-36(47)44-20-18-42(4)19-21-44)43(5)38(48)28-15-17-31(33(24-28)49-6)45(26-46)32-12-10-11-29-37(32)40-35(39-29)25-41(2)3/h10-12,14-17,23-24,26H,7-9,13,18-22,25H2,1-6H3,(H,39,40). The number of rotatable bonds is 15. The van der Waals surface area contributed by atoms with Crippen LogP contribution in [0.25, 0.3) is 11.0 Å². The zero-order valence-electron chi connectivity index (χ0n) is 30.1. The summed E-state index contributed by atoms with van der Waals surface area (Å²) in [6, 6.07) is 16.4. The van der Waals surface area contributed by atoms with Crippen LogP contribution in [-0.4, -0.2) is 111 Å². The van der Waals surface area contributed by atoms with Crippen LogP contribution in [0, 0.1) is 6.92 Å². The molecule has 1 N–H and O–H groups in total. The van der Waals surface area contributed by atoms with Gasteiger partial charge < -0.3 is 34.1 Å². The number of aryl methyl sites for hydroxylation is 1. The van der Waals surface area contributed by atoms with Gasteiger partial charge in [-0.2, -0.15) is 0 Å². The number of nitrogens with zero attached hydrogens (tertiary/aromatic N) is 6. The number of imidazole rings is 1. The number of likely N-dealkylation sites (N-methyl/N-ethyl adjacent to an activating group) is 1. The molecule has 0 saturated carbocycles. The van der Waals surface area contributed by atoms with Gasteiger partial charge in [-0.15, -0.1) is 0 Å². The number of methoxy groups -OCH3 is 1. The summed E-state index contributed by atoms with van der Waals surface area (Å²) in [5.41, 5.74) is 4.59. The third-order valence-corrected chi connectivity index (χ3v) is 8.99. The number of hydrogen-bond donors (Lipinski definition) is 1. The lowest BCUT2D eigenvalue weighted by Crippen LogP contribution is -2.47. The number of piperazine rings is 1. The third-order valence-electron chi connectivity index (χ3n) is 8.99. The average molecular weight is 684 g/mol. The van der Waals surface area contributed by atoms with Crippen molar-refractivity contribution in [3.63, 3.8) is 0 Å². The fourth-order valence-corrected chi connectivity index (χ4v) is 6.16. The monoisotopic (exact) mass is 683 g/mol. The lowest BCUT2D eigenvalue weighted by molar-refractivity contribution is -0.132. The van der Waals surface area contributed by atoms with Crippen molar-refractivity contribution < 1.29 is 23.9 Å². The van der Waals surface area contributed by atoms with Crippen molar-refractivity contribution in [1.29, 1.82) is 0 Å². The number of H-pyrrole nitrogens is 1. The predicted molar refractivity (Wildman–Crippen MR) is 197 cm³/mol. The number of ether oxygens (including phenoxy) is 2. The molecule has 3 amide bonds. The number of aromatic nitrogens is 2. The molecule has 1 fully saturated rings. The summed E-state index contributed by atoms with van der Waals surface area (Å²) in [5, 5.41) is 0. The predicted octanol–water partition coefficient (Wildman–Crippen LogP) is 5.23. The maximum atomic E-state index is 13.8. The molecule has 266 valence electrons. The summed E-state index contributed by atoms with van der Waals surface area (Å²) in [4.78, 5) is 56.3. The Labute approximate surface area is 294 Å². The number of benzene rings is 3. The minimum Gasteiger partial charge on any atom is -0.495 e. The Morgan fingerprint density at radius 3 is 2.40 bits per heavy atom. The van der Waals surface area contributed by atoms with Gasteiger partial charge in [0.2, 0.25) is 12.3 Å². The Morgan fingerprint density at radius 1 is 0.920 bits per heavy atom. The highest BCUT2D eigenvalue weighted by molar-refractivity contribution is 6.08. The van der Waals surface area contributed by atoms with Crippen LogP contribution in [0.5, 0.6) is 11.5 Å². The van der Waals surface area contributed by atoms with Crippen LogP contribution in [0.15, 0.2) is 54.6 Å². The van der Waals surface area contributed by atoms with E-state index in [0.717, 1.165) is 68.8 Å². The zero-order chi connectivity index (χ0) is 35.8. The molecule has 1 saturated heterocycles. The number of aromatic amines is 1. The molecule has 5 rings (SSSR count). The quantitative estimate of drug-likeness (QED) is 0.134. The summed E-state index contributed by atoms with van der Waals surface area (Å²) in [7, 11) is 9.24. The smallest absolute Gasteiger partial charge is 0.258 e. The number of anilines is 3. The highest BCUT2D eigenvalue weighted by Crippen LogP contribution is 2.37. The van der Waals surface area contributed by atoms with Gasteiger partial charge >= 0.3 is 0 Å². The van der Waals surface area contributed by atoms with E-state index in [0.29, 0.717) is 59.2 Å². The first kappa shape index (κ1) is 36.3. The molecule has 0 spiro atoms. The summed E-state index contributed by atoms with van der Waals surface area (Å²) in [5.74, 6) is 1.74. The van der Waals surface area contributed by atoms with E-state index >= 15 is 0 Å². The number of carbonyl (C=O) groups excluding carboxylic acids is 3. The van der Waals surface area contributed by atoms with Crippen molar-refractivity contribution in [2.45, 2.75) is 39.2 Å². The number of fused-ring (bicyclic) bond motifs is 1. The van der Waals surface area contributed by atoms with Gasteiger partial charge in [-0.3, -0.25) is 19.3 Å². The fraction of sp³-hybridized carbons (Fsp3) is 0.421. The van der Waals surface area contributed by atoms with Gasteiger partial charge in [0.15, 0.2) is 0 Å². The highest BCUT2D eigenvalue weighted by atomic mass is 16.5. The molecule has 0 aliphatic carbocycles. The third kappa shape index (κ3) is 8.61. The minimum atomic E-state index is -0.258. The second-order valence-electron chi connectivity index (χ2n) is 13.1. The number of hydrogen-bond acceptors (Lipinski definition) is 8. The second-order valence-corrected chi connectivity index (χ2v) is 13.1. The molecule has 0 bridgehead atoms. The summed E-state index contributed by atoms with van der Waals surface area (Å²) in [6.07, 6.45) is 3.78. The van der Waals surface area contributed by atoms with E-state index in [9.17, 15) is 14.4 Å². The van der Waals surface area contributed by atoms with E-state index in [-0.39, 0.29) is 11.8 Å². The number of amides is 3. The first-order valence-corrected chi connectivity index (χ1v) is 17.1. The van der Waals surface area contributed by atoms with Crippen molar-refractivity contribution in [1.82, 2.24) is 24.7 Å². The van der Waals surface area contributed by atoms with Crippen molar-refractivity contribution >= 4 is 46.3 Å². The molecule has 50 heavy (non-hydrogen) atoms. The van der Waals surface area contributed by atoms with Crippen LogP contribution in [0.3, 0.4) is 0 Å². The molecule has 0 atom stereocenters. The molecule has 0 radical (unpaired) electrons. The Balaban J connectivity index is 1.25. The maximum absolute atomic E-state index is 13.8. The van der Waals surface area contributed by atoms with E-state index in [1.54, 1.807) is 30.1 Å². The molecule has 2 heterocycles. The van der Waals surface area contributed by atoms with Gasteiger partial charge in [-0.25, -0.2) is 4.98 Å². The molecule has 3 aromatic carbocycles. The lowest BCUT2D eigenvalue weighted by atomic mass is 10.1. The first-order chi connectivity index (χ1) is 24.1. The molecule has 12 heteroatoms. The first-order valence-electron chi connectivity index (χ1n) is 17.1.